The van der Waals surface area contributed by atoms with Crippen LogP contribution < -0.4 is 10.6 Å². The number of carbonyl (C=O) groups excluding carboxylic acids is 1. The number of piperidine rings is 1. The molecule has 2 aliphatic rings. The quantitative estimate of drug-likeness (QED) is 0.779. The summed E-state index contributed by atoms with van der Waals surface area (Å²) >= 11 is 0. The van der Waals surface area contributed by atoms with Crippen LogP contribution in [-0.2, 0) is 14.3 Å². The highest BCUT2D eigenvalue weighted by Crippen LogP contribution is 2.35. The van der Waals surface area contributed by atoms with Gasteiger partial charge in [0.2, 0.25) is 5.91 Å². The van der Waals surface area contributed by atoms with Crippen LogP contribution in [0.2, 0.25) is 0 Å². The SMILES string of the molecule is CC(C)CCNC(=O)C(C)OC1COC2(CCNCC2)C1. The van der Waals surface area contributed by atoms with Crippen LogP contribution in [0.3, 0.4) is 0 Å². The maximum absolute atomic E-state index is 12.0. The average molecular weight is 298 g/mol. The summed E-state index contributed by atoms with van der Waals surface area (Å²) in [6.07, 6.45) is 3.65. The van der Waals surface area contributed by atoms with Crippen molar-refractivity contribution in [2.45, 2.75) is 64.3 Å². The molecule has 0 radical (unpaired) electrons. The molecule has 5 nitrogen and oxygen atoms in total. The minimum Gasteiger partial charge on any atom is -0.372 e. The first-order chi connectivity index (χ1) is 10.0. The van der Waals surface area contributed by atoms with Gasteiger partial charge in [-0.3, -0.25) is 4.79 Å². The molecule has 1 spiro atoms. The maximum atomic E-state index is 12.0. The monoisotopic (exact) mass is 298 g/mol. The first kappa shape index (κ1) is 16.7. The predicted molar refractivity (Wildman–Crippen MR) is 82.2 cm³/mol. The zero-order valence-corrected chi connectivity index (χ0v) is 13.6. The lowest BCUT2D eigenvalue weighted by Gasteiger charge is -2.32. The molecule has 2 heterocycles. The highest BCUT2D eigenvalue weighted by atomic mass is 16.6. The largest absolute Gasteiger partial charge is 0.372 e. The van der Waals surface area contributed by atoms with Crippen LogP contribution in [0.4, 0.5) is 0 Å². The van der Waals surface area contributed by atoms with Gasteiger partial charge in [-0.1, -0.05) is 13.8 Å². The van der Waals surface area contributed by atoms with E-state index in [2.05, 4.69) is 24.5 Å². The Morgan fingerprint density at radius 3 is 2.76 bits per heavy atom. The normalized spacial score (nSPS) is 26.2. The zero-order valence-electron chi connectivity index (χ0n) is 13.6. The van der Waals surface area contributed by atoms with E-state index >= 15 is 0 Å². The molecule has 2 aliphatic heterocycles. The van der Waals surface area contributed by atoms with Gasteiger partial charge in [-0.2, -0.15) is 0 Å². The molecule has 2 saturated heterocycles. The van der Waals surface area contributed by atoms with Crippen molar-refractivity contribution in [2.24, 2.45) is 5.92 Å². The lowest BCUT2D eigenvalue weighted by Crippen LogP contribution is -2.42. The molecule has 0 aliphatic carbocycles. The molecule has 21 heavy (non-hydrogen) atoms. The van der Waals surface area contributed by atoms with Gasteiger partial charge in [-0.15, -0.1) is 0 Å². The molecule has 2 N–H and O–H groups in total. The molecule has 2 atom stereocenters. The first-order valence-corrected chi connectivity index (χ1v) is 8.29. The van der Waals surface area contributed by atoms with Crippen molar-refractivity contribution in [1.29, 1.82) is 0 Å². The summed E-state index contributed by atoms with van der Waals surface area (Å²) in [7, 11) is 0. The highest BCUT2D eigenvalue weighted by molar-refractivity contribution is 5.80. The number of nitrogens with one attached hydrogen (secondary N) is 2. The second-order valence-corrected chi connectivity index (χ2v) is 6.82. The van der Waals surface area contributed by atoms with E-state index in [4.69, 9.17) is 9.47 Å². The Morgan fingerprint density at radius 2 is 2.10 bits per heavy atom. The second-order valence-electron chi connectivity index (χ2n) is 6.82. The summed E-state index contributed by atoms with van der Waals surface area (Å²) in [5.74, 6) is 0.589. The molecule has 122 valence electrons. The number of hydrogen-bond donors (Lipinski definition) is 2. The fraction of sp³-hybridized carbons (Fsp3) is 0.938. The van der Waals surface area contributed by atoms with Crippen molar-refractivity contribution >= 4 is 5.91 Å². The average Bonchev–Trinajstić information content (AvgIpc) is 2.81. The Hall–Kier alpha value is -0.650. The third-order valence-corrected chi connectivity index (χ3v) is 4.48. The minimum absolute atomic E-state index is 0.0102. The van der Waals surface area contributed by atoms with Gasteiger partial charge >= 0.3 is 0 Å². The van der Waals surface area contributed by atoms with Crippen molar-refractivity contribution < 1.29 is 14.3 Å². The van der Waals surface area contributed by atoms with E-state index in [1.165, 1.54) is 0 Å². The molecule has 0 aromatic carbocycles. The number of carbonyl (C=O) groups is 1. The molecule has 5 heteroatoms. The van der Waals surface area contributed by atoms with E-state index in [1.807, 2.05) is 6.92 Å². The topological polar surface area (TPSA) is 59.6 Å². The van der Waals surface area contributed by atoms with Crippen LogP contribution in [-0.4, -0.2) is 50.0 Å². The number of hydrogen-bond acceptors (Lipinski definition) is 4. The minimum atomic E-state index is -0.400. The van der Waals surface area contributed by atoms with Gasteiger partial charge in [-0.05, 0) is 45.2 Å². The highest BCUT2D eigenvalue weighted by Gasteiger charge is 2.42. The Balaban J connectivity index is 1.70. The van der Waals surface area contributed by atoms with Gasteiger partial charge in [0.05, 0.1) is 18.3 Å². The predicted octanol–water partition coefficient (Wildman–Crippen LogP) is 1.46. The Morgan fingerprint density at radius 1 is 1.38 bits per heavy atom. The van der Waals surface area contributed by atoms with E-state index < -0.39 is 6.10 Å². The summed E-state index contributed by atoms with van der Waals surface area (Å²) in [4.78, 5) is 12.0. The molecule has 2 unspecified atom stereocenters. The van der Waals surface area contributed by atoms with E-state index in [0.29, 0.717) is 12.5 Å². The van der Waals surface area contributed by atoms with Gasteiger partial charge in [0.25, 0.3) is 0 Å². The van der Waals surface area contributed by atoms with Crippen LogP contribution in [0, 0.1) is 5.92 Å². The standard InChI is InChI=1S/C16H30N2O3/c1-12(2)4-7-18-15(19)13(3)21-14-10-16(20-11-14)5-8-17-9-6-16/h12-14,17H,4-11H2,1-3H3,(H,18,19). The van der Waals surface area contributed by atoms with E-state index in [1.54, 1.807) is 0 Å². The van der Waals surface area contributed by atoms with Crippen molar-refractivity contribution in [1.82, 2.24) is 10.6 Å². The Bertz CT molecular complexity index is 340. The van der Waals surface area contributed by atoms with E-state index in [-0.39, 0.29) is 17.6 Å². The van der Waals surface area contributed by atoms with Crippen LogP contribution in [0.1, 0.15) is 46.5 Å². The number of amides is 1. The molecule has 2 fully saturated rings. The molecule has 2 rings (SSSR count). The lowest BCUT2D eigenvalue weighted by molar-refractivity contribution is -0.135. The third-order valence-electron chi connectivity index (χ3n) is 4.48. The summed E-state index contributed by atoms with van der Waals surface area (Å²) in [6.45, 7) is 9.50. The van der Waals surface area contributed by atoms with Gasteiger partial charge in [0.1, 0.15) is 6.10 Å². The number of rotatable bonds is 6. The molecular weight excluding hydrogens is 268 g/mol. The van der Waals surface area contributed by atoms with E-state index in [9.17, 15) is 4.79 Å². The van der Waals surface area contributed by atoms with Crippen LogP contribution in [0.5, 0.6) is 0 Å². The molecular formula is C16H30N2O3. The van der Waals surface area contributed by atoms with Crippen molar-refractivity contribution in [2.75, 3.05) is 26.2 Å². The lowest BCUT2D eigenvalue weighted by atomic mass is 9.89. The van der Waals surface area contributed by atoms with Crippen LogP contribution in [0.25, 0.3) is 0 Å². The maximum Gasteiger partial charge on any atom is 0.248 e. The zero-order chi connectivity index (χ0) is 15.3. The summed E-state index contributed by atoms with van der Waals surface area (Å²) in [6, 6.07) is 0. The Labute approximate surface area is 128 Å². The van der Waals surface area contributed by atoms with Crippen LogP contribution >= 0.6 is 0 Å². The molecule has 0 aromatic rings. The van der Waals surface area contributed by atoms with Crippen molar-refractivity contribution in [3.63, 3.8) is 0 Å². The summed E-state index contributed by atoms with van der Waals surface area (Å²) in [5, 5.41) is 6.30. The molecule has 0 aromatic heterocycles. The number of ether oxygens (including phenoxy) is 2. The molecule has 0 saturated carbocycles. The molecule has 1 amide bonds. The summed E-state index contributed by atoms with van der Waals surface area (Å²) in [5.41, 5.74) is -0.0102. The fourth-order valence-electron chi connectivity index (χ4n) is 3.10. The van der Waals surface area contributed by atoms with Gasteiger partial charge < -0.3 is 20.1 Å². The van der Waals surface area contributed by atoms with Gasteiger partial charge in [-0.25, -0.2) is 0 Å². The van der Waals surface area contributed by atoms with Crippen molar-refractivity contribution in [3.8, 4) is 0 Å². The van der Waals surface area contributed by atoms with Gasteiger partial charge in [0.15, 0.2) is 0 Å². The van der Waals surface area contributed by atoms with Crippen LogP contribution in [0.15, 0.2) is 0 Å². The summed E-state index contributed by atoms with van der Waals surface area (Å²) < 4.78 is 11.9. The molecule has 0 bridgehead atoms. The van der Waals surface area contributed by atoms with Gasteiger partial charge in [0, 0.05) is 13.0 Å². The first-order valence-electron chi connectivity index (χ1n) is 8.29. The second kappa shape index (κ2) is 7.56. The third kappa shape index (κ3) is 4.94. The fourth-order valence-corrected chi connectivity index (χ4v) is 3.10. The van der Waals surface area contributed by atoms with E-state index in [0.717, 1.165) is 45.3 Å². The smallest absolute Gasteiger partial charge is 0.248 e. The Kier molecular flexibility index (Phi) is 6.02. The van der Waals surface area contributed by atoms with Crippen molar-refractivity contribution in [3.05, 3.63) is 0 Å².